The topological polar surface area (TPSA) is 76.5 Å². The first-order chi connectivity index (χ1) is 12.8. The largest absolute Gasteiger partial charge is 0.379 e. The molecule has 2 heterocycles. The molecule has 0 bridgehead atoms. The number of aryl methyl sites for hydroxylation is 2. The highest BCUT2D eigenvalue weighted by Crippen LogP contribution is 2.29. The van der Waals surface area contributed by atoms with E-state index in [9.17, 15) is 8.42 Å². The van der Waals surface area contributed by atoms with Gasteiger partial charge < -0.3 is 4.74 Å². The van der Waals surface area contributed by atoms with Crippen LogP contribution in [-0.2, 0) is 21.8 Å². The van der Waals surface area contributed by atoms with E-state index < -0.39 is 10.0 Å². The lowest BCUT2D eigenvalue weighted by Crippen LogP contribution is -2.44. The van der Waals surface area contributed by atoms with Crippen LogP contribution in [0.5, 0.6) is 0 Å². The molecular formula is C17H22Cl2N4O3S. The highest BCUT2D eigenvalue weighted by molar-refractivity contribution is 7.89. The van der Waals surface area contributed by atoms with Gasteiger partial charge in [-0.3, -0.25) is 9.58 Å². The Balaban J connectivity index is 1.87. The summed E-state index contributed by atoms with van der Waals surface area (Å²) in [5.74, 6) is 0. The molecule has 3 rings (SSSR count). The molecule has 7 nitrogen and oxygen atoms in total. The minimum atomic E-state index is -3.82. The van der Waals surface area contributed by atoms with Crippen LogP contribution in [-0.4, -0.2) is 55.9 Å². The second-order valence-electron chi connectivity index (χ2n) is 6.37. The van der Waals surface area contributed by atoms with Crippen molar-refractivity contribution in [3.63, 3.8) is 0 Å². The number of morpholine rings is 1. The van der Waals surface area contributed by atoms with Gasteiger partial charge in [0, 0.05) is 37.7 Å². The molecule has 27 heavy (non-hydrogen) atoms. The van der Waals surface area contributed by atoms with Crippen molar-refractivity contribution in [2.75, 3.05) is 32.8 Å². The van der Waals surface area contributed by atoms with Gasteiger partial charge in [0.2, 0.25) is 10.0 Å². The number of nitrogens with one attached hydrogen (secondary N) is 1. The summed E-state index contributed by atoms with van der Waals surface area (Å²) in [5, 5.41) is 4.77. The summed E-state index contributed by atoms with van der Waals surface area (Å²) in [6.45, 7) is 4.38. The first-order valence-corrected chi connectivity index (χ1v) is 10.8. The van der Waals surface area contributed by atoms with Gasteiger partial charge in [0.1, 0.15) is 10.0 Å². The number of hydrogen-bond acceptors (Lipinski definition) is 5. The van der Waals surface area contributed by atoms with Crippen LogP contribution in [0.25, 0.3) is 0 Å². The second-order valence-corrected chi connectivity index (χ2v) is 8.84. The first kappa shape index (κ1) is 20.6. The van der Waals surface area contributed by atoms with Crippen LogP contribution < -0.4 is 4.72 Å². The highest BCUT2D eigenvalue weighted by Gasteiger charge is 2.29. The highest BCUT2D eigenvalue weighted by atomic mass is 35.5. The minimum absolute atomic E-state index is 0.00607. The second kappa shape index (κ2) is 8.46. The lowest BCUT2D eigenvalue weighted by atomic mass is 10.0. The van der Waals surface area contributed by atoms with Crippen LogP contribution in [0, 0.1) is 6.92 Å². The summed E-state index contributed by atoms with van der Waals surface area (Å²) in [4.78, 5) is 2.18. The zero-order valence-electron chi connectivity index (χ0n) is 15.2. The summed E-state index contributed by atoms with van der Waals surface area (Å²) in [5.41, 5.74) is 1.23. The van der Waals surface area contributed by atoms with Crippen molar-refractivity contribution in [3.8, 4) is 0 Å². The third kappa shape index (κ3) is 4.47. The van der Waals surface area contributed by atoms with Crippen molar-refractivity contribution in [3.05, 3.63) is 45.7 Å². The number of rotatable bonds is 6. The lowest BCUT2D eigenvalue weighted by Gasteiger charge is -2.35. The van der Waals surface area contributed by atoms with Crippen LogP contribution in [0.3, 0.4) is 0 Å². The standard InChI is InChI=1S/C17H22Cl2N4O3S/c1-12-16(17(19)22(2)21-12)27(24,25)20-11-15(23-7-9-26-10-8-23)13-5-3-4-6-14(13)18/h3-6,15,20H,7-11H2,1-2H3. The molecule has 1 aliphatic heterocycles. The Morgan fingerprint density at radius 2 is 1.93 bits per heavy atom. The third-order valence-electron chi connectivity index (χ3n) is 4.59. The van der Waals surface area contributed by atoms with E-state index in [0.29, 0.717) is 37.0 Å². The first-order valence-electron chi connectivity index (χ1n) is 8.56. The Morgan fingerprint density at radius 1 is 1.26 bits per heavy atom. The Hall–Kier alpha value is -1.16. The van der Waals surface area contributed by atoms with Gasteiger partial charge in [-0.1, -0.05) is 41.4 Å². The molecule has 0 radical (unpaired) electrons. The van der Waals surface area contributed by atoms with Gasteiger partial charge in [-0.2, -0.15) is 5.10 Å². The average molecular weight is 433 g/mol. The molecule has 0 spiro atoms. The van der Waals surface area contributed by atoms with Crippen LogP contribution in [0.2, 0.25) is 10.2 Å². The molecule has 1 saturated heterocycles. The Labute approximate surface area is 169 Å². The monoisotopic (exact) mass is 432 g/mol. The van der Waals surface area contributed by atoms with Gasteiger partial charge in [-0.15, -0.1) is 0 Å². The van der Waals surface area contributed by atoms with Gasteiger partial charge in [0.05, 0.1) is 18.9 Å². The number of ether oxygens (including phenoxy) is 1. The molecule has 1 atom stereocenters. The lowest BCUT2D eigenvalue weighted by molar-refractivity contribution is 0.0172. The molecule has 1 unspecified atom stereocenters. The molecule has 148 valence electrons. The summed E-state index contributed by atoms with van der Waals surface area (Å²) in [7, 11) is -2.22. The van der Waals surface area contributed by atoms with Crippen LogP contribution in [0.15, 0.2) is 29.2 Å². The van der Waals surface area contributed by atoms with Crippen molar-refractivity contribution in [2.24, 2.45) is 7.05 Å². The fraction of sp³-hybridized carbons (Fsp3) is 0.471. The molecule has 1 N–H and O–H groups in total. The van der Waals surface area contributed by atoms with Crippen molar-refractivity contribution in [1.82, 2.24) is 19.4 Å². The van der Waals surface area contributed by atoms with Crippen molar-refractivity contribution >= 4 is 33.2 Å². The maximum atomic E-state index is 12.9. The smallest absolute Gasteiger partial charge is 0.245 e. The predicted molar refractivity (Wildman–Crippen MR) is 105 cm³/mol. The zero-order valence-corrected chi connectivity index (χ0v) is 17.5. The Morgan fingerprint density at radius 3 is 2.52 bits per heavy atom. The molecule has 1 fully saturated rings. The molecule has 10 heteroatoms. The van der Waals surface area contributed by atoms with Gasteiger partial charge in [0.15, 0.2) is 0 Å². The summed E-state index contributed by atoms with van der Waals surface area (Å²) in [6, 6.07) is 7.25. The molecule has 0 saturated carbocycles. The number of sulfonamides is 1. The van der Waals surface area contributed by atoms with E-state index in [1.54, 1.807) is 20.0 Å². The molecule has 1 aliphatic rings. The summed E-state index contributed by atoms with van der Waals surface area (Å²) < 4.78 is 35.2. The van der Waals surface area contributed by atoms with E-state index in [1.807, 2.05) is 18.2 Å². The maximum absolute atomic E-state index is 12.9. The molecule has 1 aromatic carbocycles. The minimum Gasteiger partial charge on any atom is -0.379 e. The van der Waals surface area contributed by atoms with Crippen LogP contribution in [0.4, 0.5) is 0 Å². The van der Waals surface area contributed by atoms with Gasteiger partial charge in [0.25, 0.3) is 0 Å². The summed E-state index contributed by atoms with van der Waals surface area (Å²) >= 11 is 12.5. The van der Waals surface area contributed by atoms with Gasteiger partial charge >= 0.3 is 0 Å². The zero-order chi connectivity index (χ0) is 19.6. The molecule has 2 aromatic rings. The van der Waals surface area contributed by atoms with Crippen LogP contribution >= 0.6 is 23.2 Å². The van der Waals surface area contributed by atoms with E-state index in [1.165, 1.54) is 4.68 Å². The van der Waals surface area contributed by atoms with E-state index in [0.717, 1.165) is 5.56 Å². The number of benzene rings is 1. The van der Waals surface area contributed by atoms with Crippen molar-refractivity contribution < 1.29 is 13.2 Å². The third-order valence-corrected chi connectivity index (χ3v) is 7.05. The quantitative estimate of drug-likeness (QED) is 0.757. The van der Waals surface area contributed by atoms with Gasteiger partial charge in [-0.25, -0.2) is 13.1 Å². The number of nitrogens with zero attached hydrogens (tertiary/aromatic N) is 3. The molecular weight excluding hydrogens is 411 g/mol. The number of aromatic nitrogens is 2. The molecule has 1 aromatic heterocycles. The predicted octanol–water partition coefficient (Wildman–Crippen LogP) is 2.39. The van der Waals surface area contributed by atoms with E-state index >= 15 is 0 Å². The van der Waals surface area contributed by atoms with Crippen LogP contribution in [0.1, 0.15) is 17.3 Å². The number of halogens is 2. The Bertz CT molecular complexity index is 911. The molecule has 0 aliphatic carbocycles. The van der Waals surface area contributed by atoms with E-state index in [4.69, 9.17) is 27.9 Å². The SMILES string of the molecule is Cc1nn(C)c(Cl)c1S(=O)(=O)NCC(c1ccccc1Cl)N1CCOCC1. The normalized spacial score (nSPS) is 17.2. The van der Waals surface area contributed by atoms with Crippen molar-refractivity contribution in [2.45, 2.75) is 17.9 Å². The van der Waals surface area contributed by atoms with E-state index in [2.05, 4.69) is 14.7 Å². The maximum Gasteiger partial charge on any atom is 0.245 e. The summed E-state index contributed by atoms with van der Waals surface area (Å²) in [6.07, 6.45) is 0. The fourth-order valence-corrected chi connectivity index (χ4v) is 5.29. The fourth-order valence-electron chi connectivity index (χ4n) is 3.25. The molecule has 0 amide bonds. The average Bonchev–Trinajstić information content (AvgIpc) is 2.90. The van der Waals surface area contributed by atoms with E-state index in [-0.39, 0.29) is 22.6 Å². The van der Waals surface area contributed by atoms with Gasteiger partial charge in [-0.05, 0) is 18.6 Å². The number of hydrogen-bond donors (Lipinski definition) is 1. The van der Waals surface area contributed by atoms with Crippen molar-refractivity contribution in [1.29, 1.82) is 0 Å². The Kier molecular flexibility index (Phi) is 6.45.